The standard InChI is InChI=1S/C54H43N3/c1-36-15-13-22-44(31-36)47-33-49(39-16-7-4-8-17-39)53(50(34-47)40-18-9-5-10-19-40)42-28-26-41(27-29-42)51-35-52(57-54(56-51)43-20-11-6-12-21-43)46-24-14-23-45(32-46)48-30-25-37(2)55-38(48)3/h4-5,7-11,13-35H,6,12H2,1-3H3. The molecule has 0 atom stereocenters. The molecule has 0 bridgehead atoms. The summed E-state index contributed by atoms with van der Waals surface area (Å²) in [7, 11) is 0. The van der Waals surface area contributed by atoms with Gasteiger partial charge in [0.1, 0.15) is 0 Å². The SMILES string of the molecule is Cc1cccc(-c2cc(-c3ccccc3)c(-c3ccc(-c4cc(-c5cccc(-c6ccc(C)nc6C)c5)nc(C5=CCCC=C5)n4)cc3)c(-c3ccccc3)c2)c1. The Morgan fingerprint density at radius 1 is 0.404 bits per heavy atom. The van der Waals surface area contributed by atoms with Crippen molar-refractivity contribution in [2.75, 3.05) is 0 Å². The molecule has 2 aromatic heterocycles. The molecule has 0 saturated carbocycles. The summed E-state index contributed by atoms with van der Waals surface area (Å²) in [6.45, 7) is 6.26. The molecule has 0 amide bonds. The van der Waals surface area contributed by atoms with Gasteiger partial charge in [-0.25, -0.2) is 9.97 Å². The van der Waals surface area contributed by atoms with E-state index >= 15 is 0 Å². The van der Waals surface area contributed by atoms with E-state index in [1.807, 2.05) is 6.92 Å². The molecule has 9 rings (SSSR count). The number of aryl methyl sites for hydroxylation is 3. The summed E-state index contributed by atoms with van der Waals surface area (Å²) in [6, 6.07) is 58.9. The van der Waals surface area contributed by atoms with Crippen LogP contribution in [0.4, 0.5) is 0 Å². The molecular weight excluding hydrogens is 691 g/mol. The molecule has 0 spiro atoms. The fourth-order valence-electron chi connectivity index (χ4n) is 7.93. The summed E-state index contributed by atoms with van der Waals surface area (Å²) in [5.41, 5.74) is 20.0. The Labute approximate surface area is 335 Å². The normalized spacial score (nSPS) is 12.4. The zero-order valence-electron chi connectivity index (χ0n) is 32.6. The first kappa shape index (κ1) is 35.7. The van der Waals surface area contributed by atoms with Gasteiger partial charge in [-0.1, -0.05) is 157 Å². The molecule has 6 aromatic carbocycles. The fourth-order valence-corrected chi connectivity index (χ4v) is 7.93. The predicted octanol–water partition coefficient (Wildman–Crippen LogP) is 14.2. The van der Waals surface area contributed by atoms with Crippen molar-refractivity contribution >= 4 is 5.57 Å². The number of rotatable bonds is 8. The van der Waals surface area contributed by atoms with E-state index in [1.165, 1.54) is 44.5 Å². The molecule has 57 heavy (non-hydrogen) atoms. The van der Waals surface area contributed by atoms with Gasteiger partial charge < -0.3 is 0 Å². The summed E-state index contributed by atoms with van der Waals surface area (Å²) < 4.78 is 0. The summed E-state index contributed by atoms with van der Waals surface area (Å²) in [6.07, 6.45) is 8.64. The van der Waals surface area contributed by atoms with E-state index in [2.05, 4.69) is 196 Å². The first-order valence-corrected chi connectivity index (χ1v) is 19.7. The van der Waals surface area contributed by atoms with Gasteiger partial charge in [-0.3, -0.25) is 4.98 Å². The molecule has 0 saturated heterocycles. The van der Waals surface area contributed by atoms with E-state index in [9.17, 15) is 0 Å². The van der Waals surface area contributed by atoms with Crippen molar-refractivity contribution in [1.29, 1.82) is 0 Å². The van der Waals surface area contributed by atoms with E-state index in [1.54, 1.807) is 0 Å². The number of pyridine rings is 1. The van der Waals surface area contributed by atoms with Crippen molar-refractivity contribution in [3.8, 4) is 78.1 Å². The summed E-state index contributed by atoms with van der Waals surface area (Å²) in [5, 5.41) is 0. The number of aromatic nitrogens is 3. The maximum Gasteiger partial charge on any atom is 0.160 e. The molecule has 0 radical (unpaired) electrons. The van der Waals surface area contributed by atoms with E-state index in [0.29, 0.717) is 0 Å². The number of allylic oxidation sites excluding steroid dienone is 4. The molecule has 3 nitrogen and oxygen atoms in total. The minimum absolute atomic E-state index is 0.741. The second-order valence-corrected chi connectivity index (χ2v) is 14.9. The lowest BCUT2D eigenvalue weighted by Crippen LogP contribution is -2.00. The lowest BCUT2D eigenvalue weighted by atomic mass is 9.84. The Balaban J connectivity index is 1.19. The zero-order chi connectivity index (χ0) is 38.7. The molecule has 0 N–H and O–H groups in total. The number of hydrogen-bond donors (Lipinski definition) is 0. The highest BCUT2D eigenvalue weighted by molar-refractivity contribution is 5.98. The van der Waals surface area contributed by atoms with E-state index in [0.717, 1.165) is 74.8 Å². The van der Waals surface area contributed by atoms with Crippen LogP contribution < -0.4 is 0 Å². The largest absolute Gasteiger partial charge is 0.258 e. The first-order valence-electron chi connectivity index (χ1n) is 19.7. The van der Waals surface area contributed by atoms with Crippen LogP contribution in [0.5, 0.6) is 0 Å². The molecule has 1 aliphatic rings. The quantitative estimate of drug-likeness (QED) is 0.156. The van der Waals surface area contributed by atoms with Crippen LogP contribution >= 0.6 is 0 Å². The molecule has 0 unspecified atom stereocenters. The van der Waals surface area contributed by atoms with Crippen LogP contribution in [0.1, 0.15) is 35.6 Å². The van der Waals surface area contributed by atoms with Crippen LogP contribution in [0.25, 0.3) is 83.7 Å². The van der Waals surface area contributed by atoms with Crippen molar-refractivity contribution in [2.45, 2.75) is 33.6 Å². The molecular formula is C54H43N3. The van der Waals surface area contributed by atoms with Crippen molar-refractivity contribution in [3.05, 3.63) is 205 Å². The van der Waals surface area contributed by atoms with Gasteiger partial charge in [-0.2, -0.15) is 0 Å². The monoisotopic (exact) mass is 733 g/mol. The average molecular weight is 734 g/mol. The van der Waals surface area contributed by atoms with Gasteiger partial charge in [0.2, 0.25) is 0 Å². The van der Waals surface area contributed by atoms with Crippen LogP contribution in [-0.2, 0) is 0 Å². The molecule has 0 aliphatic heterocycles. The van der Waals surface area contributed by atoms with Gasteiger partial charge in [0.15, 0.2) is 5.82 Å². The fraction of sp³-hybridized carbons (Fsp3) is 0.0926. The zero-order valence-corrected chi connectivity index (χ0v) is 32.6. The third kappa shape index (κ3) is 7.53. The predicted molar refractivity (Wildman–Crippen MR) is 238 cm³/mol. The number of nitrogens with zero attached hydrogens (tertiary/aromatic N) is 3. The van der Waals surface area contributed by atoms with Crippen LogP contribution in [0.3, 0.4) is 0 Å². The smallest absolute Gasteiger partial charge is 0.160 e. The highest BCUT2D eigenvalue weighted by atomic mass is 14.9. The minimum atomic E-state index is 0.741. The second kappa shape index (κ2) is 15.6. The van der Waals surface area contributed by atoms with Crippen LogP contribution in [0.15, 0.2) is 182 Å². The molecule has 8 aromatic rings. The first-order chi connectivity index (χ1) is 28.0. The van der Waals surface area contributed by atoms with Crippen molar-refractivity contribution in [3.63, 3.8) is 0 Å². The summed E-state index contributed by atoms with van der Waals surface area (Å²) in [4.78, 5) is 15.1. The Kier molecular flexibility index (Phi) is 9.80. The van der Waals surface area contributed by atoms with E-state index in [4.69, 9.17) is 15.0 Å². The van der Waals surface area contributed by atoms with Crippen molar-refractivity contribution < 1.29 is 0 Å². The Morgan fingerprint density at radius 3 is 1.67 bits per heavy atom. The average Bonchev–Trinajstić information content (AvgIpc) is 3.27. The van der Waals surface area contributed by atoms with Crippen molar-refractivity contribution in [1.82, 2.24) is 15.0 Å². The Bertz CT molecular complexity index is 2730. The summed E-state index contributed by atoms with van der Waals surface area (Å²) in [5.74, 6) is 0.741. The van der Waals surface area contributed by atoms with Gasteiger partial charge in [-0.15, -0.1) is 0 Å². The molecule has 1 aliphatic carbocycles. The molecule has 3 heteroatoms. The van der Waals surface area contributed by atoms with Crippen LogP contribution in [0, 0.1) is 20.8 Å². The van der Waals surface area contributed by atoms with E-state index in [-0.39, 0.29) is 0 Å². The summed E-state index contributed by atoms with van der Waals surface area (Å²) >= 11 is 0. The van der Waals surface area contributed by atoms with Gasteiger partial charge >= 0.3 is 0 Å². The topological polar surface area (TPSA) is 38.7 Å². The molecule has 0 fully saturated rings. The van der Waals surface area contributed by atoms with Gasteiger partial charge in [0.25, 0.3) is 0 Å². The maximum atomic E-state index is 5.20. The third-order valence-corrected chi connectivity index (χ3v) is 10.8. The van der Waals surface area contributed by atoms with Crippen LogP contribution in [-0.4, -0.2) is 15.0 Å². The Hall–Kier alpha value is -6.97. The molecule has 274 valence electrons. The Morgan fingerprint density at radius 2 is 1.02 bits per heavy atom. The third-order valence-electron chi connectivity index (χ3n) is 10.8. The lowest BCUT2D eigenvalue weighted by molar-refractivity contribution is 1.03. The second-order valence-electron chi connectivity index (χ2n) is 14.9. The highest BCUT2D eigenvalue weighted by Gasteiger charge is 2.19. The van der Waals surface area contributed by atoms with Gasteiger partial charge in [0.05, 0.1) is 11.4 Å². The maximum absolute atomic E-state index is 5.20. The van der Waals surface area contributed by atoms with Gasteiger partial charge in [0, 0.05) is 33.7 Å². The van der Waals surface area contributed by atoms with Crippen molar-refractivity contribution in [2.24, 2.45) is 0 Å². The van der Waals surface area contributed by atoms with Gasteiger partial charge in [-0.05, 0) is 114 Å². The van der Waals surface area contributed by atoms with E-state index < -0.39 is 0 Å². The number of benzene rings is 6. The molecule has 2 heterocycles. The highest BCUT2D eigenvalue weighted by Crippen LogP contribution is 2.44. The minimum Gasteiger partial charge on any atom is -0.258 e. The van der Waals surface area contributed by atoms with Crippen LogP contribution in [0.2, 0.25) is 0 Å². The number of hydrogen-bond acceptors (Lipinski definition) is 3. The lowest BCUT2D eigenvalue weighted by Gasteiger charge is -2.19.